The normalized spacial score (nSPS) is 15.2. The fourth-order valence-corrected chi connectivity index (χ4v) is 3.79. The molecule has 5 rings (SSSR count). The van der Waals surface area contributed by atoms with Crippen LogP contribution >= 0.6 is 0 Å². The summed E-state index contributed by atoms with van der Waals surface area (Å²) in [4.78, 5) is 25.0. The third-order valence-corrected chi connectivity index (χ3v) is 5.24. The van der Waals surface area contributed by atoms with Crippen molar-refractivity contribution in [3.63, 3.8) is 0 Å². The molecule has 0 radical (unpaired) electrons. The van der Waals surface area contributed by atoms with Crippen molar-refractivity contribution < 1.29 is 19.0 Å². The molecule has 1 aromatic carbocycles. The lowest BCUT2D eigenvalue weighted by molar-refractivity contribution is -0.195. The molecule has 164 valence electrons. The average molecular weight is 435 g/mol. The summed E-state index contributed by atoms with van der Waals surface area (Å²) in [6.45, 7) is 2.70. The number of fused-ring (bicyclic) bond motifs is 1. The van der Waals surface area contributed by atoms with E-state index in [1.807, 2.05) is 34.9 Å². The highest BCUT2D eigenvalue weighted by Gasteiger charge is 2.23. The van der Waals surface area contributed by atoms with Crippen LogP contribution in [0.4, 0.5) is 5.82 Å². The number of hydrogen-bond acceptors (Lipinski definition) is 10. The quantitative estimate of drug-likeness (QED) is 0.498. The smallest absolute Gasteiger partial charge is 0.322 e. The molecule has 32 heavy (non-hydrogen) atoms. The van der Waals surface area contributed by atoms with Crippen LogP contribution in [0.3, 0.4) is 0 Å². The molecule has 4 heterocycles. The van der Waals surface area contributed by atoms with E-state index in [4.69, 9.17) is 19.9 Å². The first-order valence-electron chi connectivity index (χ1n) is 10.2. The molecule has 2 N–H and O–H groups in total. The van der Waals surface area contributed by atoms with Crippen LogP contribution in [-0.4, -0.2) is 55.1 Å². The van der Waals surface area contributed by atoms with Gasteiger partial charge in [0.25, 0.3) is 0 Å². The first-order chi connectivity index (χ1) is 15.6. The zero-order chi connectivity index (χ0) is 22.1. The van der Waals surface area contributed by atoms with Crippen molar-refractivity contribution in [3.8, 4) is 23.0 Å². The monoisotopic (exact) mass is 435 g/mol. The molecule has 4 aromatic rings. The van der Waals surface area contributed by atoms with Crippen LogP contribution in [0.1, 0.15) is 19.8 Å². The number of nitrogen functional groups attached to an aromatic ring is 1. The summed E-state index contributed by atoms with van der Waals surface area (Å²) in [6, 6.07) is 9.58. The minimum atomic E-state index is -0.301. The predicted molar refractivity (Wildman–Crippen MR) is 114 cm³/mol. The first-order valence-corrected chi connectivity index (χ1v) is 10.2. The number of imidazole rings is 1. The van der Waals surface area contributed by atoms with Crippen molar-refractivity contribution in [2.45, 2.75) is 25.9 Å². The molecule has 0 bridgehead atoms. The van der Waals surface area contributed by atoms with Gasteiger partial charge in [0, 0.05) is 44.7 Å². The van der Waals surface area contributed by atoms with Gasteiger partial charge in [-0.15, -0.1) is 5.06 Å². The van der Waals surface area contributed by atoms with E-state index in [-0.39, 0.29) is 17.9 Å². The highest BCUT2D eigenvalue weighted by molar-refractivity contribution is 5.83. The number of aromatic nitrogens is 5. The molecule has 0 amide bonds. The number of carbonyl (C=O) groups excluding carboxylic acids is 1. The van der Waals surface area contributed by atoms with Crippen LogP contribution in [0.15, 0.2) is 47.4 Å². The zero-order valence-electron chi connectivity index (χ0n) is 17.3. The predicted octanol–water partition coefficient (Wildman–Crippen LogP) is 2.37. The van der Waals surface area contributed by atoms with E-state index >= 15 is 0 Å². The molecule has 0 atom stereocenters. The van der Waals surface area contributed by atoms with Crippen LogP contribution in [0.5, 0.6) is 5.75 Å². The summed E-state index contributed by atoms with van der Waals surface area (Å²) in [5.74, 6) is 1.13. The molecule has 0 saturated carbocycles. The summed E-state index contributed by atoms with van der Waals surface area (Å²) in [5.41, 5.74) is 8.69. The molecule has 1 aliphatic rings. The Bertz CT molecular complexity index is 1240. The van der Waals surface area contributed by atoms with Crippen LogP contribution in [0, 0.1) is 0 Å². The standard InChI is InChI=1S/C21H21N7O4/c1-13(29)31-27-10-7-16(8-11-27)30-15-4-2-14(3-5-15)28-18-6-9-23-12-17(18)24-21(28)19-20(22)26-32-25-19/h2-6,9,12,16H,7-8,10-11H2,1H3,(H2,22,26). The molecular formula is C21H21N7O4. The first kappa shape index (κ1) is 19.9. The van der Waals surface area contributed by atoms with Crippen LogP contribution < -0.4 is 10.5 Å². The Balaban J connectivity index is 1.38. The number of benzene rings is 1. The Hall–Kier alpha value is -3.99. The Kier molecular flexibility index (Phi) is 5.15. The van der Waals surface area contributed by atoms with Gasteiger partial charge in [0.05, 0.1) is 11.7 Å². The molecule has 0 aliphatic carbocycles. The maximum Gasteiger partial charge on any atom is 0.322 e. The minimum absolute atomic E-state index is 0.0596. The number of nitrogens with zero attached hydrogens (tertiary/aromatic N) is 6. The number of pyridine rings is 1. The third-order valence-electron chi connectivity index (χ3n) is 5.24. The second kappa shape index (κ2) is 8.27. The number of hydrogen-bond donors (Lipinski definition) is 1. The Morgan fingerprint density at radius 2 is 1.94 bits per heavy atom. The number of ether oxygens (including phenoxy) is 1. The lowest BCUT2D eigenvalue weighted by Crippen LogP contribution is -2.39. The van der Waals surface area contributed by atoms with E-state index in [9.17, 15) is 4.79 Å². The topological polar surface area (TPSA) is 134 Å². The van der Waals surface area contributed by atoms with Crippen molar-refractivity contribution in [2.75, 3.05) is 18.8 Å². The van der Waals surface area contributed by atoms with E-state index in [1.54, 1.807) is 17.5 Å². The number of anilines is 1. The van der Waals surface area contributed by atoms with Gasteiger partial charge in [0.2, 0.25) is 0 Å². The number of hydroxylamine groups is 2. The van der Waals surface area contributed by atoms with Crippen molar-refractivity contribution in [1.82, 2.24) is 29.9 Å². The SMILES string of the molecule is CC(=O)ON1CCC(Oc2ccc(-n3c(-c4nonc4N)nc4cnccc43)cc2)CC1. The Morgan fingerprint density at radius 3 is 2.62 bits per heavy atom. The largest absolute Gasteiger partial charge is 0.490 e. The second-order valence-corrected chi connectivity index (χ2v) is 7.46. The number of nitrogens with two attached hydrogens (primary N) is 1. The molecule has 0 spiro atoms. The van der Waals surface area contributed by atoms with Crippen molar-refractivity contribution >= 4 is 22.8 Å². The summed E-state index contributed by atoms with van der Waals surface area (Å²) >= 11 is 0. The lowest BCUT2D eigenvalue weighted by atomic mass is 10.1. The van der Waals surface area contributed by atoms with Gasteiger partial charge in [-0.2, -0.15) is 0 Å². The fourth-order valence-electron chi connectivity index (χ4n) is 3.79. The van der Waals surface area contributed by atoms with Gasteiger partial charge in [-0.1, -0.05) is 0 Å². The highest BCUT2D eigenvalue weighted by Crippen LogP contribution is 2.30. The summed E-state index contributed by atoms with van der Waals surface area (Å²) in [5, 5.41) is 9.26. The van der Waals surface area contributed by atoms with Gasteiger partial charge in [-0.25, -0.2) is 9.61 Å². The van der Waals surface area contributed by atoms with Gasteiger partial charge in [-0.3, -0.25) is 14.3 Å². The minimum Gasteiger partial charge on any atom is -0.490 e. The molecule has 0 unspecified atom stereocenters. The molecule has 11 heteroatoms. The van der Waals surface area contributed by atoms with Crippen molar-refractivity contribution in [1.29, 1.82) is 0 Å². The van der Waals surface area contributed by atoms with E-state index in [2.05, 4.69) is 20.3 Å². The summed E-state index contributed by atoms with van der Waals surface area (Å²) in [7, 11) is 0. The van der Waals surface area contributed by atoms with Gasteiger partial charge in [0.15, 0.2) is 17.3 Å². The second-order valence-electron chi connectivity index (χ2n) is 7.46. The molecule has 11 nitrogen and oxygen atoms in total. The van der Waals surface area contributed by atoms with E-state index < -0.39 is 0 Å². The number of rotatable bonds is 5. The maximum absolute atomic E-state index is 11.1. The lowest BCUT2D eigenvalue weighted by Gasteiger charge is -2.30. The van der Waals surface area contributed by atoms with Crippen LogP contribution in [-0.2, 0) is 9.63 Å². The summed E-state index contributed by atoms with van der Waals surface area (Å²) in [6.07, 6.45) is 4.99. The molecule has 1 saturated heterocycles. The van der Waals surface area contributed by atoms with E-state index in [0.717, 1.165) is 29.8 Å². The molecule has 3 aromatic heterocycles. The molecule has 1 fully saturated rings. The van der Waals surface area contributed by atoms with Gasteiger partial charge in [0.1, 0.15) is 17.4 Å². The zero-order valence-corrected chi connectivity index (χ0v) is 17.3. The highest BCUT2D eigenvalue weighted by atomic mass is 16.7. The van der Waals surface area contributed by atoms with Crippen LogP contribution in [0.25, 0.3) is 28.2 Å². The van der Waals surface area contributed by atoms with Gasteiger partial charge in [-0.05, 0) is 40.6 Å². The number of piperidine rings is 1. The van der Waals surface area contributed by atoms with Crippen molar-refractivity contribution in [2.24, 2.45) is 0 Å². The Labute approximate surface area is 182 Å². The van der Waals surface area contributed by atoms with Crippen molar-refractivity contribution in [3.05, 3.63) is 42.7 Å². The van der Waals surface area contributed by atoms with E-state index in [1.165, 1.54) is 6.92 Å². The Morgan fingerprint density at radius 1 is 1.16 bits per heavy atom. The molecular weight excluding hydrogens is 414 g/mol. The number of carbonyl (C=O) groups is 1. The fraction of sp³-hybridized carbons (Fsp3) is 0.286. The van der Waals surface area contributed by atoms with Crippen LogP contribution in [0.2, 0.25) is 0 Å². The van der Waals surface area contributed by atoms with Gasteiger partial charge >= 0.3 is 5.97 Å². The maximum atomic E-state index is 11.1. The van der Waals surface area contributed by atoms with E-state index in [0.29, 0.717) is 30.1 Å². The molecule has 1 aliphatic heterocycles. The third kappa shape index (κ3) is 3.85. The summed E-state index contributed by atoms with van der Waals surface area (Å²) < 4.78 is 12.8. The van der Waals surface area contributed by atoms with Gasteiger partial charge < -0.3 is 15.3 Å². The average Bonchev–Trinajstić information content (AvgIpc) is 3.38.